The first kappa shape index (κ1) is 80.1. The number of hydrogen-bond donors (Lipinski definition) is 3. The summed E-state index contributed by atoms with van der Waals surface area (Å²) >= 11 is 0. The highest BCUT2D eigenvalue weighted by Crippen LogP contribution is 2.45. The first-order valence-corrected chi connectivity index (χ1v) is 36.1. The van der Waals surface area contributed by atoms with Crippen LogP contribution in [0.25, 0.3) is 0 Å². The molecule has 0 fully saturated rings. The molecule has 3 N–H and O–H groups in total. The number of rotatable bonds is 63. The van der Waals surface area contributed by atoms with Crippen LogP contribution in [0.5, 0.6) is 0 Å². The number of esters is 4. The number of phosphoric ester groups is 2. The Morgan fingerprint density at radius 1 is 0.329 bits per heavy atom. The van der Waals surface area contributed by atoms with Gasteiger partial charge in [-0.2, -0.15) is 0 Å². The quantitative estimate of drug-likeness (QED) is 0.0222. The lowest BCUT2D eigenvalue weighted by Crippen LogP contribution is -2.30. The normalized spacial score (nSPS) is 14.3. The first-order chi connectivity index (χ1) is 39.5. The van der Waals surface area contributed by atoms with E-state index in [0.717, 1.165) is 109 Å². The van der Waals surface area contributed by atoms with Crippen LogP contribution in [0.4, 0.5) is 0 Å². The van der Waals surface area contributed by atoms with Gasteiger partial charge in [0.2, 0.25) is 0 Å². The van der Waals surface area contributed by atoms with E-state index in [1.165, 1.54) is 122 Å². The van der Waals surface area contributed by atoms with E-state index in [-0.39, 0.29) is 25.7 Å². The Balaban J connectivity index is 5.16. The number of carbonyl (C=O) groups excluding carboxylic acids is 4. The van der Waals surface area contributed by atoms with E-state index in [0.29, 0.717) is 31.6 Å². The van der Waals surface area contributed by atoms with Gasteiger partial charge in [-0.05, 0) is 31.6 Å². The summed E-state index contributed by atoms with van der Waals surface area (Å²) in [6.45, 7) is 7.05. The van der Waals surface area contributed by atoms with Gasteiger partial charge < -0.3 is 33.8 Å². The van der Waals surface area contributed by atoms with Crippen molar-refractivity contribution in [2.24, 2.45) is 5.92 Å². The van der Waals surface area contributed by atoms with E-state index in [1.807, 2.05) is 0 Å². The monoisotopic (exact) mass is 1210 g/mol. The van der Waals surface area contributed by atoms with Crippen molar-refractivity contribution in [3.8, 4) is 0 Å². The highest BCUT2D eigenvalue weighted by atomic mass is 31.2. The molecule has 0 aromatic rings. The molecular weight excluding hydrogens is 1090 g/mol. The smallest absolute Gasteiger partial charge is 0.462 e. The van der Waals surface area contributed by atoms with Crippen LogP contribution < -0.4 is 0 Å². The van der Waals surface area contributed by atoms with Crippen LogP contribution in [-0.4, -0.2) is 96.7 Å². The van der Waals surface area contributed by atoms with Crippen molar-refractivity contribution in [1.82, 2.24) is 0 Å². The molecule has 0 aromatic heterocycles. The summed E-state index contributed by atoms with van der Waals surface area (Å²) in [6.07, 6.45) is 40.6. The Kier molecular flexibility index (Phi) is 55.5. The molecule has 2 unspecified atom stereocenters. The zero-order valence-electron chi connectivity index (χ0n) is 52.6. The van der Waals surface area contributed by atoms with E-state index in [9.17, 15) is 43.2 Å². The van der Waals surface area contributed by atoms with Crippen molar-refractivity contribution in [2.75, 3.05) is 39.6 Å². The summed E-state index contributed by atoms with van der Waals surface area (Å²) in [7, 11) is -9.88. The van der Waals surface area contributed by atoms with E-state index in [2.05, 4.69) is 34.6 Å². The summed E-state index contributed by atoms with van der Waals surface area (Å²) in [5.74, 6) is -1.46. The highest BCUT2D eigenvalue weighted by molar-refractivity contribution is 7.47. The van der Waals surface area contributed by atoms with Crippen LogP contribution in [0.1, 0.15) is 317 Å². The van der Waals surface area contributed by atoms with Crippen molar-refractivity contribution in [3.63, 3.8) is 0 Å². The van der Waals surface area contributed by atoms with Crippen molar-refractivity contribution < 1.29 is 80.2 Å². The molecule has 0 radical (unpaired) electrons. The molecule has 0 rings (SSSR count). The van der Waals surface area contributed by atoms with Gasteiger partial charge in [0.15, 0.2) is 12.2 Å². The van der Waals surface area contributed by atoms with Crippen molar-refractivity contribution >= 4 is 39.5 Å². The minimum absolute atomic E-state index is 0.105. The molecular formula is C63H122O17P2. The van der Waals surface area contributed by atoms with E-state index in [1.54, 1.807) is 0 Å². The third-order valence-electron chi connectivity index (χ3n) is 14.5. The maximum absolute atomic E-state index is 13.0. The topological polar surface area (TPSA) is 237 Å². The van der Waals surface area contributed by atoms with Gasteiger partial charge in [-0.25, -0.2) is 9.13 Å². The number of phosphoric acid groups is 2. The van der Waals surface area contributed by atoms with Crippen LogP contribution in [0.2, 0.25) is 0 Å². The molecule has 0 saturated heterocycles. The summed E-state index contributed by atoms with van der Waals surface area (Å²) < 4.78 is 67.8. The maximum Gasteiger partial charge on any atom is 0.472 e. The molecule has 486 valence electrons. The molecule has 0 aliphatic heterocycles. The number of unbranched alkanes of at least 4 members (excludes halogenated alkanes) is 35. The third-order valence-corrected chi connectivity index (χ3v) is 16.4. The average molecular weight is 1210 g/mol. The molecule has 0 aliphatic carbocycles. The Bertz CT molecular complexity index is 1600. The minimum atomic E-state index is -4.94. The summed E-state index contributed by atoms with van der Waals surface area (Å²) in [6, 6.07) is 0. The molecule has 19 heteroatoms. The fourth-order valence-corrected chi connectivity index (χ4v) is 11.0. The first-order valence-electron chi connectivity index (χ1n) is 33.1. The van der Waals surface area contributed by atoms with Gasteiger partial charge in [0.1, 0.15) is 19.3 Å². The lowest BCUT2D eigenvalue weighted by atomic mass is 10.0. The molecule has 0 amide bonds. The van der Waals surface area contributed by atoms with Crippen LogP contribution in [-0.2, 0) is 65.4 Å². The molecule has 0 saturated carbocycles. The molecule has 82 heavy (non-hydrogen) atoms. The Morgan fingerprint density at radius 3 is 0.829 bits per heavy atom. The number of aliphatic hydroxyl groups is 1. The predicted molar refractivity (Wildman–Crippen MR) is 326 cm³/mol. The molecule has 0 spiro atoms. The maximum atomic E-state index is 13.0. The largest absolute Gasteiger partial charge is 0.472 e. The van der Waals surface area contributed by atoms with Crippen molar-refractivity contribution in [1.29, 1.82) is 0 Å². The number of ether oxygens (including phenoxy) is 4. The van der Waals surface area contributed by atoms with Crippen LogP contribution in [0, 0.1) is 5.92 Å². The molecule has 17 nitrogen and oxygen atoms in total. The fourth-order valence-electron chi connectivity index (χ4n) is 9.41. The third kappa shape index (κ3) is 57.2. The van der Waals surface area contributed by atoms with Gasteiger partial charge in [-0.3, -0.25) is 37.3 Å². The second kappa shape index (κ2) is 56.8. The van der Waals surface area contributed by atoms with Gasteiger partial charge in [-0.1, -0.05) is 266 Å². The highest BCUT2D eigenvalue weighted by Gasteiger charge is 2.30. The van der Waals surface area contributed by atoms with Crippen LogP contribution in [0.3, 0.4) is 0 Å². The Morgan fingerprint density at radius 2 is 0.561 bits per heavy atom. The second-order valence-electron chi connectivity index (χ2n) is 23.3. The van der Waals surface area contributed by atoms with Gasteiger partial charge in [-0.15, -0.1) is 0 Å². The number of carbonyl (C=O) groups is 4. The Hall–Kier alpha value is -1.94. The van der Waals surface area contributed by atoms with E-state index >= 15 is 0 Å². The van der Waals surface area contributed by atoms with E-state index in [4.69, 9.17) is 37.0 Å². The van der Waals surface area contributed by atoms with Crippen LogP contribution >= 0.6 is 15.6 Å². The summed E-state index contributed by atoms with van der Waals surface area (Å²) in [4.78, 5) is 72.0. The fraction of sp³-hybridized carbons (Fsp3) is 0.937. The molecule has 0 bridgehead atoms. The van der Waals surface area contributed by atoms with Gasteiger partial charge in [0, 0.05) is 25.7 Å². The zero-order chi connectivity index (χ0) is 60.6. The standard InChI is InChI=1S/C63H122O17P2/c1-6-9-12-15-18-20-21-22-23-24-25-26-27-29-32-39-44-49-63(68)80-59(53-74-61(66)47-42-37-34-33-35-40-45-56(4)5)55-78-82(71,72)76-51-57(64)50-75-81(69,70)77-54-58(52-73-60(65)46-41-36-30-17-14-11-8-3)79-62(67)48-43-38-31-28-19-16-13-10-7-2/h56-59,64H,6-55H2,1-5H3,(H,69,70)(H,71,72)/t57-,58+,59+/m0/s1. The second-order valence-corrected chi connectivity index (χ2v) is 26.2. The van der Waals surface area contributed by atoms with Gasteiger partial charge in [0.05, 0.1) is 26.4 Å². The molecule has 0 heterocycles. The number of aliphatic hydroxyl groups excluding tert-OH is 1. The molecule has 0 aliphatic rings. The predicted octanol–water partition coefficient (Wildman–Crippen LogP) is 17.4. The lowest BCUT2D eigenvalue weighted by Gasteiger charge is -2.21. The summed E-state index contributed by atoms with van der Waals surface area (Å²) in [5.41, 5.74) is 0. The van der Waals surface area contributed by atoms with Crippen molar-refractivity contribution in [3.05, 3.63) is 0 Å². The summed E-state index contributed by atoms with van der Waals surface area (Å²) in [5, 5.41) is 10.5. The number of hydrogen-bond acceptors (Lipinski definition) is 15. The van der Waals surface area contributed by atoms with Gasteiger partial charge in [0.25, 0.3) is 0 Å². The average Bonchev–Trinajstić information content (AvgIpc) is 3.45. The van der Waals surface area contributed by atoms with Gasteiger partial charge >= 0.3 is 39.5 Å². The lowest BCUT2D eigenvalue weighted by molar-refractivity contribution is -0.161. The van der Waals surface area contributed by atoms with Crippen molar-refractivity contribution in [2.45, 2.75) is 335 Å². The minimum Gasteiger partial charge on any atom is -0.462 e. The SMILES string of the molecule is CCCCCCCCCCCCCCCCCCCC(=O)O[C@H](COC(=O)CCCCCCCCC(C)C)COP(=O)(O)OC[C@@H](O)COP(=O)(O)OC[C@@H](COC(=O)CCCCCCCCC)OC(=O)CCCCCCCCCCC. The van der Waals surface area contributed by atoms with Crippen LogP contribution in [0.15, 0.2) is 0 Å². The molecule has 0 aromatic carbocycles. The Labute approximate surface area is 498 Å². The van der Waals surface area contributed by atoms with E-state index < -0.39 is 97.5 Å². The zero-order valence-corrected chi connectivity index (χ0v) is 54.4. The molecule has 5 atom stereocenters.